The number of sulfonamides is 1. The van der Waals surface area contributed by atoms with Gasteiger partial charge in [0.05, 0.1) is 4.90 Å². The van der Waals surface area contributed by atoms with Gasteiger partial charge in [0.25, 0.3) is 0 Å². The van der Waals surface area contributed by atoms with Crippen molar-refractivity contribution in [3.8, 4) is 0 Å². The van der Waals surface area contributed by atoms with Crippen molar-refractivity contribution < 1.29 is 8.42 Å². The van der Waals surface area contributed by atoms with Crippen molar-refractivity contribution in [3.05, 3.63) is 18.0 Å². The molecule has 1 heterocycles. The van der Waals surface area contributed by atoms with Crippen molar-refractivity contribution in [1.29, 1.82) is 0 Å². The standard InChI is InChI=1S/C13H23N3O2S/c1-4-10(2)15-19(17,18)13-7-12(8-14-3)16(9-13)11-5-6-11/h7,9-11,14-15H,4-6,8H2,1-3H3. The molecule has 19 heavy (non-hydrogen) atoms. The van der Waals surface area contributed by atoms with Gasteiger partial charge in [-0.2, -0.15) is 0 Å². The van der Waals surface area contributed by atoms with Crippen LogP contribution in [0.25, 0.3) is 0 Å². The average molecular weight is 285 g/mol. The molecule has 0 spiro atoms. The van der Waals surface area contributed by atoms with Gasteiger partial charge in [0.1, 0.15) is 0 Å². The van der Waals surface area contributed by atoms with E-state index in [1.165, 1.54) is 0 Å². The Balaban J connectivity index is 2.26. The predicted octanol–water partition coefficient (Wildman–Crippen LogP) is 1.62. The number of nitrogens with zero attached hydrogens (tertiary/aromatic N) is 1. The fourth-order valence-corrected chi connectivity index (χ4v) is 3.45. The maximum Gasteiger partial charge on any atom is 0.242 e. The quantitative estimate of drug-likeness (QED) is 0.800. The van der Waals surface area contributed by atoms with E-state index in [-0.39, 0.29) is 6.04 Å². The summed E-state index contributed by atoms with van der Waals surface area (Å²) >= 11 is 0. The Labute approximate surface area is 115 Å². The van der Waals surface area contributed by atoms with Gasteiger partial charge in [0.2, 0.25) is 10.0 Å². The van der Waals surface area contributed by atoms with Crippen molar-refractivity contribution in [1.82, 2.24) is 14.6 Å². The highest BCUT2D eigenvalue weighted by Crippen LogP contribution is 2.37. The first-order valence-electron chi connectivity index (χ1n) is 6.85. The Morgan fingerprint density at radius 1 is 1.47 bits per heavy atom. The maximum atomic E-state index is 12.3. The monoisotopic (exact) mass is 285 g/mol. The van der Waals surface area contributed by atoms with E-state index in [9.17, 15) is 8.42 Å². The first kappa shape index (κ1) is 14.6. The fraction of sp³-hybridized carbons (Fsp3) is 0.692. The lowest BCUT2D eigenvalue weighted by atomic mass is 10.3. The molecule has 1 aliphatic carbocycles. The summed E-state index contributed by atoms with van der Waals surface area (Å²) in [5, 5.41) is 3.09. The molecule has 1 saturated carbocycles. The second-order valence-corrected chi connectivity index (χ2v) is 6.98. The Kier molecular flexibility index (Phi) is 4.32. The summed E-state index contributed by atoms with van der Waals surface area (Å²) in [5.41, 5.74) is 1.04. The van der Waals surface area contributed by atoms with E-state index in [1.54, 1.807) is 12.3 Å². The van der Waals surface area contributed by atoms with Gasteiger partial charge in [-0.25, -0.2) is 13.1 Å². The van der Waals surface area contributed by atoms with Crippen LogP contribution in [0.15, 0.2) is 17.2 Å². The predicted molar refractivity (Wildman–Crippen MR) is 75.5 cm³/mol. The van der Waals surface area contributed by atoms with Gasteiger partial charge in [-0.15, -0.1) is 0 Å². The summed E-state index contributed by atoms with van der Waals surface area (Å²) in [5.74, 6) is 0. The van der Waals surface area contributed by atoms with Crippen LogP contribution in [-0.2, 0) is 16.6 Å². The molecule has 1 unspecified atom stereocenters. The highest BCUT2D eigenvalue weighted by atomic mass is 32.2. The molecule has 1 aromatic heterocycles. The van der Waals surface area contributed by atoms with Crippen LogP contribution in [0.2, 0.25) is 0 Å². The Bertz CT molecular complexity index is 532. The number of aromatic nitrogens is 1. The Morgan fingerprint density at radius 3 is 2.68 bits per heavy atom. The number of rotatable bonds is 7. The highest BCUT2D eigenvalue weighted by Gasteiger charge is 2.28. The molecule has 5 nitrogen and oxygen atoms in total. The van der Waals surface area contributed by atoms with Crippen LogP contribution in [0.3, 0.4) is 0 Å². The van der Waals surface area contributed by atoms with E-state index in [1.807, 2.05) is 20.9 Å². The average Bonchev–Trinajstić information content (AvgIpc) is 3.10. The summed E-state index contributed by atoms with van der Waals surface area (Å²) in [6.07, 6.45) is 4.84. The molecule has 108 valence electrons. The molecule has 0 bridgehead atoms. The van der Waals surface area contributed by atoms with Crippen molar-refractivity contribution in [2.24, 2.45) is 0 Å². The van der Waals surface area contributed by atoms with Crippen LogP contribution in [0.4, 0.5) is 0 Å². The smallest absolute Gasteiger partial charge is 0.242 e. The zero-order valence-electron chi connectivity index (χ0n) is 11.8. The molecule has 1 aromatic rings. The first-order chi connectivity index (χ1) is 8.97. The Hall–Kier alpha value is -0.850. The van der Waals surface area contributed by atoms with Crippen LogP contribution in [-0.4, -0.2) is 26.1 Å². The maximum absolute atomic E-state index is 12.3. The number of nitrogens with one attached hydrogen (secondary N) is 2. The third-order valence-corrected chi connectivity index (χ3v) is 5.04. The third-order valence-electron chi connectivity index (χ3n) is 3.48. The molecule has 0 saturated heterocycles. The zero-order valence-corrected chi connectivity index (χ0v) is 12.6. The Morgan fingerprint density at radius 2 is 2.16 bits per heavy atom. The third kappa shape index (κ3) is 3.38. The van der Waals surface area contributed by atoms with Crippen molar-refractivity contribution >= 4 is 10.0 Å². The fourth-order valence-electron chi connectivity index (χ4n) is 2.08. The minimum Gasteiger partial charge on any atom is -0.346 e. The van der Waals surface area contributed by atoms with Crippen molar-refractivity contribution in [3.63, 3.8) is 0 Å². The molecular weight excluding hydrogens is 262 g/mol. The van der Waals surface area contributed by atoms with Gasteiger partial charge in [0, 0.05) is 30.5 Å². The van der Waals surface area contributed by atoms with E-state index >= 15 is 0 Å². The topological polar surface area (TPSA) is 63.1 Å². The molecule has 2 rings (SSSR count). The van der Waals surface area contributed by atoms with Crippen LogP contribution in [0.1, 0.15) is 44.8 Å². The van der Waals surface area contributed by atoms with E-state index in [4.69, 9.17) is 0 Å². The van der Waals surface area contributed by atoms with Crippen LogP contribution in [0, 0.1) is 0 Å². The summed E-state index contributed by atoms with van der Waals surface area (Å²) < 4.78 is 29.3. The van der Waals surface area contributed by atoms with Gasteiger partial charge >= 0.3 is 0 Å². The first-order valence-corrected chi connectivity index (χ1v) is 8.34. The van der Waals surface area contributed by atoms with Gasteiger partial charge in [-0.05, 0) is 39.3 Å². The molecule has 1 atom stereocenters. The highest BCUT2D eigenvalue weighted by molar-refractivity contribution is 7.89. The zero-order chi connectivity index (χ0) is 14.0. The van der Waals surface area contributed by atoms with Crippen LogP contribution < -0.4 is 10.0 Å². The van der Waals surface area contributed by atoms with Crippen molar-refractivity contribution in [2.45, 2.75) is 56.6 Å². The lowest BCUT2D eigenvalue weighted by molar-refractivity contribution is 0.555. The number of hydrogen-bond acceptors (Lipinski definition) is 3. The van der Waals surface area contributed by atoms with Gasteiger partial charge in [-0.1, -0.05) is 6.92 Å². The van der Waals surface area contributed by atoms with E-state index in [0.717, 1.165) is 25.0 Å². The number of hydrogen-bond donors (Lipinski definition) is 2. The van der Waals surface area contributed by atoms with E-state index in [0.29, 0.717) is 17.5 Å². The molecule has 2 N–H and O–H groups in total. The van der Waals surface area contributed by atoms with Gasteiger partial charge in [0.15, 0.2) is 0 Å². The summed E-state index contributed by atoms with van der Waals surface area (Å²) in [4.78, 5) is 0.380. The SMILES string of the molecule is CCC(C)NS(=O)(=O)c1cc(CNC)n(C2CC2)c1. The molecule has 0 amide bonds. The minimum atomic E-state index is -3.40. The second-order valence-electron chi connectivity index (χ2n) is 5.27. The van der Waals surface area contributed by atoms with E-state index < -0.39 is 10.0 Å². The second kappa shape index (κ2) is 5.64. The molecule has 0 aliphatic heterocycles. The summed E-state index contributed by atoms with van der Waals surface area (Å²) in [6.45, 7) is 4.54. The summed E-state index contributed by atoms with van der Waals surface area (Å²) in [7, 11) is -1.53. The normalized spacial score (nSPS) is 17.6. The van der Waals surface area contributed by atoms with Crippen LogP contribution >= 0.6 is 0 Å². The molecular formula is C13H23N3O2S. The summed E-state index contributed by atoms with van der Waals surface area (Å²) in [6, 6.07) is 2.22. The van der Waals surface area contributed by atoms with Crippen LogP contribution in [0.5, 0.6) is 0 Å². The van der Waals surface area contributed by atoms with Gasteiger partial charge in [-0.3, -0.25) is 0 Å². The van der Waals surface area contributed by atoms with E-state index in [2.05, 4.69) is 14.6 Å². The molecule has 1 fully saturated rings. The molecule has 0 aromatic carbocycles. The van der Waals surface area contributed by atoms with Gasteiger partial charge < -0.3 is 9.88 Å². The largest absolute Gasteiger partial charge is 0.346 e. The molecule has 6 heteroatoms. The lowest BCUT2D eigenvalue weighted by Crippen LogP contribution is -2.31. The molecule has 1 aliphatic rings. The lowest BCUT2D eigenvalue weighted by Gasteiger charge is -2.10. The molecule has 0 radical (unpaired) electrons. The minimum absolute atomic E-state index is 0.0398. The van der Waals surface area contributed by atoms with Crippen molar-refractivity contribution in [2.75, 3.05) is 7.05 Å².